The van der Waals surface area contributed by atoms with Gasteiger partial charge in [0.05, 0.1) is 12.6 Å². The normalized spacial score (nSPS) is 10.6. The molecular weight excluding hydrogens is 284 g/mol. The molecule has 2 aromatic carbocycles. The second-order valence-corrected chi connectivity index (χ2v) is 5.16. The van der Waals surface area contributed by atoms with Gasteiger partial charge >= 0.3 is 0 Å². The second-order valence-electron chi connectivity index (χ2n) is 4.73. The third kappa shape index (κ3) is 3.09. The van der Waals surface area contributed by atoms with Gasteiger partial charge in [0.2, 0.25) is 0 Å². The van der Waals surface area contributed by atoms with Crippen molar-refractivity contribution in [1.29, 1.82) is 0 Å². The first-order valence-electron chi connectivity index (χ1n) is 6.67. The van der Waals surface area contributed by atoms with Crippen LogP contribution in [0.4, 0.5) is 5.69 Å². The van der Waals surface area contributed by atoms with E-state index in [0.717, 1.165) is 34.4 Å². The Balaban J connectivity index is 1.84. The molecule has 1 N–H and O–H groups in total. The lowest BCUT2D eigenvalue weighted by Crippen LogP contribution is -2.00. The molecular formula is C17H15ClN2O. The molecule has 0 spiro atoms. The van der Waals surface area contributed by atoms with Gasteiger partial charge < -0.3 is 10.1 Å². The fourth-order valence-corrected chi connectivity index (χ4v) is 2.42. The van der Waals surface area contributed by atoms with Crippen LogP contribution in [0.15, 0.2) is 54.7 Å². The predicted octanol–water partition coefficient (Wildman–Crippen LogP) is 4.51. The van der Waals surface area contributed by atoms with Crippen molar-refractivity contribution in [2.24, 2.45) is 0 Å². The summed E-state index contributed by atoms with van der Waals surface area (Å²) in [6.07, 6.45) is 1.78. The summed E-state index contributed by atoms with van der Waals surface area (Å²) in [4.78, 5) is 4.34. The zero-order valence-corrected chi connectivity index (χ0v) is 12.4. The molecule has 0 fully saturated rings. The van der Waals surface area contributed by atoms with Gasteiger partial charge in [0.15, 0.2) is 0 Å². The van der Waals surface area contributed by atoms with Crippen LogP contribution < -0.4 is 10.1 Å². The van der Waals surface area contributed by atoms with E-state index in [-0.39, 0.29) is 0 Å². The van der Waals surface area contributed by atoms with Crippen molar-refractivity contribution in [2.75, 3.05) is 12.4 Å². The first-order valence-corrected chi connectivity index (χ1v) is 7.05. The summed E-state index contributed by atoms with van der Waals surface area (Å²) < 4.78 is 5.24. The van der Waals surface area contributed by atoms with Gasteiger partial charge in [-0.05, 0) is 42.0 Å². The Hall–Kier alpha value is -2.26. The maximum Gasteiger partial charge on any atom is 0.119 e. The van der Waals surface area contributed by atoms with Crippen LogP contribution >= 0.6 is 11.6 Å². The van der Waals surface area contributed by atoms with Gasteiger partial charge in [0, 0.05) is 28.8 Å². The lowest BCUT2D eigenvalue weighted by molar-refractivity contribution is 0.414. The lowest BCUT2D eigenvalue weighted by Gasteiger charge is -2.10. The number of fused-ring (bicyclic) bond motifs is 1. The average molecular weight is 299 g/mol. The van der Waals surface area contributed by atoms with Crippen LogP contribution in [0.1, 0.15) is 5.56 Å². The van der Waals surface area contributed by atoms with Gasteiger partial charge in [0.1, 0.15) is 5.75 Å². The Morgan fingerprint density at radius 1 is 1.14 bits per heavy atom. The highest BCUT2D eigenvalue weighted by Crippen LogP contribution is 2.25. The van der Waals surface area contributed by atoms with Crippen molar-refractivity contribution >= 4 is 28.2 Å². The van der Waals surface area contributed by atoms with E-state index in [1.165, 1.54) is 0 Å². The summed E-state index contributed by atoms with van der Waals surface area (Å²) in [6, 6.07) is 15.7. The third-order valence-electron chi connectivity index (χ3n) is 3.32. The zero-order chi connectivity index (χ0) is 14.7. The Bertz CT molecular complexity index is 774. The minimum atomic E-state index is 0.694. The smallest absolute Gasteiger partial charge is 0.119 e. The van der Waals surface area contributed by atoms with Crippen molar-refractivity contribution < 1.29 is 4.74 Å². The molecule has 0 bridgehead atoms. The molecule has 106 valence electrons. The van der Waals surface area contributed by atoms with Crippen LogP contribution in [0.2, 0.25) is 5.02 Å². The molecule has 0 aliphatic heterocycles. The van der Waals surface area contributed by atoms with Crippen LogP contribution in [-0.4, -0.2) is 12.1 Å². The molecule has 0 amide bonds. The molecule has 4 heteroatoms. The number of hydrogen-bond donors (Lipinski definition) is 1. The van der Waals surface area contributed by atoms with E-state index in [1.807, 2.05) is 42.5 Å². The van der Waals surface area contributed by atoms with Gasteiger partial charge in [-0.25, -0.2) is 0 Å². The van der Waals surface area contributed by atoms with Gasteiger partial charge in [-0.15, -0.1) is 0 Å². The minimum Gasteiger partial charge on any atom is -0.497 e. The standard InChI is InChI=1S/C17H15ClN2O/c1-21-14-4-2-3-12(9-14)11-20-16-7-8-19-17-10-13(18)5-6-15(16)17/h2-10H,11H2,1H3,(H,19,20). The molecule has 0 radical (unpaired) electrons. The van der Waals surface area contributed by atoms with Crippen LogP contribution in [0, 0.1) is 0 Å². The number of aromatic nitrogens is 1. The summed E-state index contributed by atoms with van der Waals surface area (Å²) in [5, 5.41) is 5.19. The predicted molar refractivity (Wildman–Crippen MR) is 87.1 cm³/mol. The highest BCUT2D eigenvalue weighted by molar-refractivity contribution is 6.31. The molecule has 0 saturated carbocycles. The highest BCUT2D eigenvalue weighted by atomic mass is 35.5. The monoisotopic (exact) mass is 298 g/mol. The third-order valence-corrected chi connectivity index (χ3v) is 3.56. The number of anilines is 1. The van der Waals surface area contributed by atoms with E-state index in [1.54, 1.807) is 13.3 Å². The Morgan fingerprint density at radius 2 is 2.05 bits per heavy atom. The SMILES string of the molecule is COc1cccc(CNc2ccnc3cc(Cl)ccc23)c1. The number of pyridine rings is 1. The summed E-state index contributed by atoms with van der Waals surface area (Å²) >= 11 is 6.00. The first kappa shape index (κ1) is 13.7. The molecule has 1 heterocycles. The van der Waals surface area contributed by atoms with Crippen LogP contribution in [0.5, 0.6) is 5.75 Å². The van der Waals surface area contributed by atoms with E-state index >= 15 is 0 Å². The minimum absolute atomic E-state index is 0.694. The number of hydrogen-bond acceptors (Lipinski definition) is 3. The van der Waals surface area contributed by atoms with Gasteiger partial charge in [-0.1, -0.05) is 23.7 Å². The first-order chi connectivity index (χ1) is 10.3. The van der Waals surface area contributed by atoms with Crippen molar-refractivity contribution in [3.63, 3.8) is 0 Å². The summed E-state index contributed by atoms with van der Waals surface area (Å²) in [6.45, 7) is 0.721. The number of benzene rings is 2. The van der Waals surface area contributed by atoms with Crippen LogP contribution in [0.3, 0.4) is 0 Å². The summed E-state index contributed by atoms with van der Waals surface area (Å²) in [7, 11) is 1.67. The van der Waals surface area contributed by atoms with Gasteiger partial charge in [-0.2, -0.15) is 0 Å². The Labute approximate surface area is 128 Å². The molecule has 0 saturated heterocycles. The Kier molecular flexibility index (Phi) is 3.93. The number of nitrogens with zero attached hydrogens (tertiary/aromatic N) is 1. The molecule has 1 aromatic heterocycles. The molecule has 0 aliphatic rings. The molecule has 0 aliphatic carbocycles. The number of ether oxygens (including phenoxy) is 1. The van der Waals surface area contributed by atoms with Crippen molar-refractivity contribution in [3.8, 4) is 5.75 Å². The fraction of sp³-hybridized carbons (Fsp3) is 0.118. The Morgan fingerprint density at radius 3 is 2.90 bits per heavy atom. The van der Waals surface area contributed by atoms with E-state index in [9.17, 15) is 0 Å². The van der Waals surface area contributed by atoms with E-state index in [0.29, 0.717) is 5.02 Å². The van der Waals surface area contributed by atoms with Gasteiger partial charge in [0.25, 0.3) is 0 Å². The number of nitrogens with one attached hydrogen (secondary N) is 1. The van der Waals surface area contributed by atoms with Gasteiger partial charge in [-0.3, -0.25) is 4.98 Å². The van der Waals surface area contributed by atoms with Crippen LogP contribution in [0.25, 0.3) is 10.9 Å². The van der Waals surface area contributed by atoms with E-state index in [4.69, 9.17) is 16.3 Å². The number of halogens is 1. The van der Waals surface area contributed by atoms with Crippen LogP contribution in [-0.2, 0) is 6.54 Å². The topological polar surface area (TPSA) is 34.1 Å². The van der Waals surface area contributed by atoms with Crippen molar-refractivity contribution in [3.05, 3.63) is 65.3 Å². The average Bonchev–Trinajstić information content (AvgIpc) is 2.52. The fourth-order valence-electron chi connectivity index (χ4n) is 2.26. The highest BCUT2D eigenvalue weighted by Gasteiger charge is 2.03. The quantitative estimate of drug-likeness (QED) is 0.769. The second kappa shape index (κ2) is 6.02. The van der Waals surface area contributed by atoms with E-state index in [2.05, 4.69) is 16.4 Å². The summed E-state index contributed by atoms with van der Waals surface area (Å²) in [5.74, 6) is 0.862. The molecule has 3 rings (SSSR count). The van der Waals surface area contributed by atoms with Crippen molar-refractivity contribution in [1.82, 2.24) is 4.98 Å². The summed E-state index contributed by atoms with van der Waals surface area (Å²) in [5.41, 5.74) is 3.09. The van der Waals surface area contributed by atoms with Crippen molar-refractivity contribution in [2.45, 2.75) is 6.54 Å². The number of methoxy groups -OCH3 is 1. The van der Waals surface area contributed by atoms with E-state index < -0.39 is 0 Å². The molecule has 3 nitrogen and oxygen atoms in total. The largest absolute Gasteiger partial charge is 0.497 e. The maximum atomic E-state index is 6.00. The molecule has 0 unspecified atom stereocenters. The molecule has 0 atom stereocenters. The molecule has 21 heavy (non-hydrogen) atoms. The molecule has 3 aromatic rings. The number of rotatable bonds is 4. The maximum absolute atomic E-state index is 6.00. The zero-order valence-electron chi connectivity index (χ0n) is 11.6. The lowest BCUT2D eigenvalue weighted by atomic mass is 10.1.